The number of hydrogen-bond donors (Lipinski definition) is 0. The summed E-state index contributed by atoms with van der Waals surface area (Å²) in [5.74, 6) is 0.695. The van der Waals surface area contributed by atoms with Crippen LogP contribution in [0.4, 0.5) is 4.39 Å². The minimum Gasteiger partial charge on any atom is -0.487 e. The number of likely N-dealkylation sites (N-methyl/N-ethyl adjacent to an activating group) is 1. The second kappa shape index (κ2) is 12.7. The zero-order valence-electron chi connectivity index (χ0n) is 18.9. The summed E-state index contributed by atoms with van der Waals surface area (Å²) in [5.41, 5.74) is 1.45. The first-order chi connectivity index (χ1) is 14.4. The number of carbonyl (C=O) groups is 1. The van der Waals surface area contributed by atoms with Crippen LogP contribution < -0.4 is 4.74 Å². The number of benzene rings is 1. The normalized spacial score (nSPS) is 19.0. The second-order valence-electron chi connectivity index (χ2n) is 8.73. The lowest BCUT2D eigenvalue weighted by Gasteiger charge is -2.29. The van der Waals surface area contributed by atoms with E-state index in [0.29, 0.717) is 18.0 Å². The molecule has 0 unspecified atom stereocenters. The molecule has 0 heterocycles. The van der Waals surface area contributed by atoms with Crippen molar-refractivity contribution in [3.05, 3.63) is 41.7 Å². The Balaban J connectivity index is 1.74. The molecule has 1 aliphatic carbocycles. The highest BCUT2D eigenvalue weighted by Crippen LogP contribution is 2.38. The van der Waals surface area contributed by atoms with Gasteiger partial charge < -0.3 is 14.4 Å². The molecule has 1 fully saturated rings. The number of hydrogen-bond acceptors (Lipinski definition) is 4. The summed E-state index contributed by atoms with van der Waals surface area (Å²) in [7, 11) is 3.71. The number of unbranched alkanes of at least 4 members (excludes halogenated alkanes) is 2. The molecule has 2 rings (SSSR count). The molecule has 0 bridgehead atoms. The predicted octanol–water partition coefficient (Wildman–Crippen LogP) is 5.72. The highest BCUT2D eigenvalue weighted by atomic mass is 19.1. The highest BCUT2D eigenvalue weighted by Gasteiger charge is 2.23. The number of halogens is 1. The molecule has 5 heteroatoms. The van der Waals surface area contributed by atoms with E-state index in [9.17, 15) is 9.18 Å². The van der Waals surface area contributed by atoms with Crippen LogP contribution in [0.1, 0.15) is 69.8 Å². The molecular formula is C25H38FNO3. The minimum atomic E-state index is -0.451. The molecule has 30 heavy (non-hydrogen) atoms. The Morgan fingerprint density at radius 1 is 1.17 bits per heavy atom. The van der Waals surface area contributed by atoms with Crippen LogP contribution in [-0.2, 0) is 9.53 Å². The summed E-state index contributed by atoms with van der Waals surface area (Å²) in [4.78, 5) is 13.6. The van der Waals surface area contributed by atoms with E-state index in [2.05, 4.69) is 13.5 Å². The SMILES string of the molecule is C=C(CN(C)C)C(=O)OCCOc1ccc(C2CCC(CCCCC)CC2)cc1F. The summed E-state index contributed by atoms with van der Waals surface area (Å²) in [6.07, 6.45) is 10.1. The van der Waals surface area contributed by atoms with E-state index in [1.165, 1.54) is 38.5 Å². The zero-order valence-corrected chi connectivity index (χ0v) is 18.9. The van der Waals surface area contributed by atoms with Gasteiger partial charge in [0.05, 0.1) is 0 Å². The fraction of sp³-hybridized carbons (Fsp3) is 0.640. The fourth-order valence-electron chi connectivity index (χ4n) is 4.19. The van der Waals surface area contributed by atoms with Crippen LogP contribution in [-0.4, -0.2) is 44.7 Å². The Kier molecular flexibility index (Phi) is 10.4. The number of ether oxygens (including phenoxy) is 2. The molecule has 0 spiro atoms. The average molecular weight is 420 g/mol. The first-order valence-corrected chi connectivity index (χ1v) is 11.3. The first kappa shape index (κ1) is 24.4. The van der Waals surface area contributed by atoms with Gasteiger partial charge in [0.15, 0.2) is 11.6 Å². The molecule has 0 aliphatic heterocycles. The molecule has 0 aromatic heterocycles. The third-order valence-electron chi connectivity index (χ3n) is 5.86. The first-order valence-electron chi connectivity index (χ1n) is 11.3. The van der Waals surface area contributed by atoms with Gasteiger partial charge in [-0.05, 0) is 69.3 Å². The monoisotopic (exact) mass is 419 g/mol. The summed E-state index contributed by atoms with van der Waals surface area (Å²) >= 11 is 0. The van der Waals surface area contributed by atoms with Crippen LogP contribution in [0.3, 0.4) is 0 Å². The van der Waals surface area contributed by atoms with Crippen molar-refractivity contribution in [3.63, 3.8) is 0 Å². The fourth-order valence-corrected chi connectivity index (χ4v) is 4.19. The second-order valence-corrected chi connectivity index (χ2v) is 8.73. The van der Waals surface area contributed by atoms with Crippen molar-refractivity contribution >= 4 is 5.97 Å². The van der Waals surface area contributed by atoms with Crippen molar-refractivity contribution in [1.29, 1.82) is 0 Å². The van der Waals surface area contributed by atoms with Gasteiger partial charge in [-0.15, -0.1) is 0 Å². The van der Waals surface area contributed by atoms with Crippen molar-refractivity contribution in [3.8, 4) is 5.75 Å². The molecule has 0 radical (unpaired) electrons. The molecule has 1 saturated carbocycles. The van der Waals surface area contributed by atoms with E-state index < -0.39 is 5.97 Å². The Morgan fingerprint density at radius 2 is 1.90 bits per heavy atom. The zero-order chi connectivity index (χ0) is 21.9. The van der Waals surface area contributed by atoms with Gasteiger partial charge in [0.25, 0.3) is 0 Å². The molecule has 0 atom stereocenters. The Morgan fingerprint density at radius 3 is 2.53 bits per heavy atom. The van der Waals surface area contributed by atoms with E-state index >= 15 is 0 Å². The van der Waals surface area contributed by atoms with Gasteiger partial charge >= 0.3 is 5.97 Å². The topological polar surface area (TPSA) is 38.8 Å². The molecule has 0 amide bonds. The maximum Gasteiger partial charge on any atom is 0.334 e. The number of carbonyl (C=O) groups excluding carboxylic acids is 1. The molecular weight excluding hydrogens is 381 g/mol. The van der Waals surface area contributed by atoms with Gasteiger partial charge in [-0.25, -0.2) is 9.18 Å². The molecule has 1 aliphatic rings. The lowest BCUT2D eigenvalue weighted by Crippen LogP contribution is -2.22. The Bertz CT molecular complexity index is 681. The molecule has 1 aromatic rings. The van der Waals surface area contributed by atoms with E-state index in [4.69, 9.17) is 9.47 Å². The lowest BCUT2D eigenvalue weighted by molar-refractivity contribution is -0.140. The molecule has 168 valence electrons. The maximum atomic E-state index is 14.5. The van der Waals surface area contributed by atoms with E-state index in [0.717, 1.165) is 24.3 Å². The van der Waals surface area contributed by atoms with Gasteiger partial charge in [0.1, 0.15) is 13.2 Å². The Hall–Kier alpha value is -1.88. The van der Waals surface area contributed by atoms with Gasteiger partial charge in [0, 0.05) is 12.1 Å². The quantitative estimate of drug-likeness (QED) is 0.247. The van der Waals surface area contributed by atoms with Crippen LogP contribution in [0, 0.1) is 11.7 Å². The van der Waals surface area contributed by atoms with Crippen molar-refractivity contribution < 1.29 is 18.7 Å². The summed E-state index contributed by atoms with van der Waals surface area (Å²) in [6, 6.07) is 5.29. The van der Waals surface area contributed by atoms with Crippen LogP contribution in [0.25, 0.3) is 0 Å². The number of nitrogens with zero attached hydrogens (tertiary/aromatic N) is 1. The van der Waals surface area contributed by atoms with Gasteiger partial charge in [0.2, 0.25) is 0 Å². The van der Waals surface area contributed by atoms with Crippen molar-refractivity contribution in [2.24, 2.45) is 5.92 Å². The van der Waals surface area contributed by atoms with Crippen molar-refractivity contribution in [1.82, 2.24) is 4.90 Å². The van der Waals surface area contributed by atoms with Gasteiger partial charge in [-0.1, -0.05) is 45.3 Å². The van der Waals surface area contributed by atoms with E-state index in [1.54, 1.807) is 12.1 Å². The minimum absolute atomic E-state index is 0.0640. The van der Waals surface area contributed by atoms with Crippen molar-refractivity contribution in [2.45, 2.75) is 64.2 Å². The van der Waals surface area contributed by atoms with Gasteiger partial charge in [-0.2, -0.15) is 0 Å². The van der Waals surface area contributed by atoms with E-state index in [-0.39, 0.29) is 24.8 Å². The Labute approximate surface area is 181 Å². The van der Waals surface area contributed by atoms with Crippen molar-refractivity contribution in [2.75, 3.05) is 33.9 Å². The highest BCUT2D eigenvalue weighted by molar-refractivity contribution is 5.88. The molecule has 0 saturated heterocycles. The predicted molar refractivity (Wildman–Crippen MR) is 119 cm³/mol. The lowest BCUT2D eigenvalue weighted by atomic mass is 9.77. The molecule has 0 N–H and O–H groups in total. The smallest absolute Gasteiger partial charge is 0.334 e. The van der Waals surface area contributed by atoms with Crippen LogP contribution in [0.2, 0.25) is 0 Å². The summed E-state index contributed by atoms with van der Waals surface area (Å²) in [6.45, 7) is 6.57. The van der Waals surface area contributed by atoms with Crippen LogP contribution >= 0.6 is 0 Å². The molecule has 4 nitrogen and oxygen atoms in total. The molecule has 1 aromatic carbocycles. The largest absolute Gasteiger partial charge is 0.487 e. The summed E-state index contributed by atoms with van der Waals surface area (Å²) in [5, 5.41) is 0. The number of rotatable bonds is 12. The summed E-state index contributed by atoms with van der Waals surface area (Å²) < 4.78 is 25.1. The van der Waals surface area contributed by atoms with E-state index in [1.807, 2.05) is 25.1 Å². The van der Waals surface area contributed by atoms with Gasteiger partial charge in [-0.3, -0.25) is 0 Å². The third-order valence-corrected chi connectivity index (χ3v) is 5.86. The van der Waals surface area contributed by atoms with Crippen LogP contribution in [0.5, 0.6) is 5.75 Å². The van der Waals surface area contributed by atoms with Crippen LogP contribution in [0.15, 0.2) is 30.4 Å². The maximum absolute atomic E-state index is 14.5. The average Bonchev–Trinajstić information content (AvgIpc) is 2.72. The number of esters is 1. The standard InChI is InChI=1S/C25H38FNO3/c1-5-6-7-8-20-9-11-21(12-10-20)22-13-14-24(23(26)17-22)29-15-16-30-25(28)19(2)18-27(3)4/h13-14,17,20-21H,2,5-12,15-16,18H2,1,3-4H3. The third kappa shape index (κ3) is 8.10.